The van der Waals surface area contributed by atoms with Gasteiger partial charge in [-0.2, -0.15) is 0 Å². The number of carbonyl (C=O) groups excluding carboxylic acids is 3. The summed E-state index contributed by atoms with van der Waals surface area (Å²) in [5.41, 5.74) is 0. The third-order valence-electron chi connectivity index (χ3n) is 13.5. The van der Waals surface area contributed by atoms with Crippen LogP contribution in [0.15, 0.2) is 24.3 Å². The van der Waals surface area contributed by atoms with Gasteiger partial charge in [0.15, 0.2) is 6.10 Å². The Morgan fingerprint density at radius 3 is 0.821 bits per heavy atom. The van der Waals surface area contributed by atoms with Crippen molar-refractivity contribution in [3.63, 3.8) is 0 Å². The molecule has 0 rings (SSSR count). The summed E-state index contributed by atoms with van der Waals surface area (Å²) in [6.45, 7) is 6.56. The summed E-state index contributed by atoms with van der Waals surface area (Å²) in [6.07, 6.45) is 66.9. The van der Waals surface area contributed by atoms with Crippen LogP contribution in [0, 0.1) is 0 Å². The number of allylic oxidation sites excluding steroid dienone is 4. The van der Waals surface area contributed by atoms with Crippen LogP contribution in [-0.4, -0.2) is 37.2 Å². The number of esters is 3. The number of carbonyl (C=O) groups is 3. The molecule has 0 aromatic carbocycles. The van der Waals surface area contributed by atoms with Gasteiger partial charge in [0.2, 0.25) is 0 Å². The minimum absolute atomic E-state index is 0.0658. The van der Waals surface area contributed by atoms with Crippen molar-refractivity contribution < 1.29 is 28.6 Å². The molecule has 0 aliphatic carbocycles. The molecule has 0 N–H and O–H groups in total. The van der Waals surface area contributed by atoms with Gasteiger partial charge in [0.1, 0.15) is 13.2 Å². The van der Waals surface area contributed by atoms with Crippen LogP contribution in [-0.2, 0) is 28.6 Å². The van der Waals surface area contributed by atoms with Crippen LogP contribution in [0.25, 0.3) is 0 Å². The molecule has 0 bridgehead atoms. The second-order valence-electron chi connectivity index (χ2n) is 20.3. The Bertz CT molecular complexity index is 1080. The number of hydrogen-bond donors (Lipinski definition) is 0. The van der Waals surface area contributed by atoms with Crippen LogP contribution in [0.3, 0.4) is 0 Å². The molecule has 0 aliphatic rings. The van der Waals surface area contributed by atoms with Gasteiger partial charge in [-0.1, -0.05) is 283 Å². The van der Waals surface area contributed by atoms with Gasteiger partial charge >= 0.3 is 17.9 Å². The van der Waals surface area contributed by atoms with Gasteiger partial charge < -0.3 is 14.2 Å². The molecule has 0 radical (unpaired) electrons. The molecular formula is C61H114O6. The maximum atomic E-state index is 12.6. The monoisotopic (exact) mass is 943 g/mol. The molecule has 0 spiro atoms. The van der Waals surface area contributed by atoms with Crippen molar-refractivity contribution in [3.8, 4) is 0 Å². The normalized spacial score (nSPS) is 12.1. The molecule has 0 aromatic rings. The van der Waals surface area contributed by atoms with Crippen molar-refractivity contribution in [3.05, 3.63) is 24.3 Å². The third kappa shape index (κ3) is 54.7. The van der Waals surface area contributed by atoms with Crippen LogP contribution < -0.4 is 0 Å². The highest BCUT2D eigenvalue weighted by Crippen LogP contribution is 2.17. The minimum Gasteiger partial charge on any atom is -0.462 e. The summed E-state index contributed by atoms with van der Waals surface area (Å²) >= 11 is 0. The molecule has 0 fully saturated rings. The van der Waals surface area contributed by atoms with Crippen LogP contribution in [0.2, 0.25) is 0 Å². The Morgan fingerprint density at radius 1 is 0.299 bits per heavy atom. The van der Waals surface area contributed by atoms with Gasteiger partial charge in [-0.25, -0.2) is 0 Å². The summed E-state index contributed by atoms with van der Waals surface area (Å²) in [7, 11) is 0. The van der Waals surface area contributed by atoms with Gasteiger partial charge in [0, 0.05) is 19.3 Å². The lowest BCUT2D eigenvalue weighted by Crippen LogP contribution is -2.30. The quantitative estimate of drug-likeness (QED) is 0.0262. The number of unbranched alkanes of at least 4 members (excludes halogenated alkanes) is 40. The molecule has 394 valence electrons. The van der Waals surface area contributed by atoms with Gasteiger partial charge in [-0.3, -0.25) is 14.4 Å². The zero-order valence-corrected chi connectivity index (χ0v) is 45.2. The summed E-state index contributed by atoms with van der Waals surface area (Å²) in [5.74, 6) is -0.868. The predicted molar refractivity (Wildman–Crippen MR) is 289 cm³/mol. The molecule has 0 saturated carbocycles. The minimum atomic E-state index is -0.759. The van der Waals surface area contributed by atoms with E-state index in [2.05, 4.69) is 45.1 Å². The van der Waals surface area contributed by atoms with E-state index in [0.29, 0.717) is 19.3 Å². The highest BCUT2D eigenvalue weighted by Gasteiger charge is 2.19. The smallest absolute Gasteiger partial charge is 0.306 e. The van der Waals surface area contributed by atoms with Crippen LogP contribution in [0.1, 0.15) is 329 Å². The van der Waals surface area contributed by atoms with E-state index >= 15 is 0 Å². The first kappa shape index (κ1) is 64.9. The van der Waals surface area contributed by atoms with E-state index in [-0.39, 0.29) is 31.1 Å². The first-order valence-electron chi connectivity index (χ1n) is 29.8. The maximum absolute atomic E-state index is 12.6. The van der Waals surface area contributed by atoms with Crippen molar-refractivity contribution in [2.75, 3.05) is 13.2 Å². The molecule has 0 heterocycles. The Morgan fingerprint density at radius 2 is 0.537 bits per heavy atom. The van der Waals surface area contributed by atoms with E-state index < -0.39 is 6.10 Å². The van der Waals surface area contributed by atoms with E-state index in [1.165, 1.54) is 218 Å². The third-order valence-corrected chi connectivity index (χ3v) is 13.5. The molecule has 0 saturated heterocycles. The second-order valence-corrected chi connectivity index (χ2v) is 20.3. The molecule has 6 heteroatoms. The molecule has 0 amide bonds. The van der Waals surface area contributed by atoms with E-state index in [4.69, 9.17) is 14.2 Å². The summed E-state index contributed by atoms with van der Waals surface area (Å²) < 4.78 is 16.6. The van der Waals surface area contributed by atoms with E-state index in [1.807, 2.05) is 0 Å². The zero-order valence-electron chi connectivity index (χ0n) is 45.2. The second kappa shape index (κ2) is 56.5. The van der Waals surface area contributed by atoms with Crippen molar-refractivity contribution in [1.82, 2.24) is 0 Å². The first-order chi connectivity index (χ1) is 33.0. The van der Waals surface area contributed by atoms with E-state index in [0.717, 1.165) is 70.6 Å². The fourth-order valence-electron chi connectivity index (χ4n) is 8.95. The summed E-state index contributed by atoms with van der Waals surface area (Å²) in [4.78, 5) is 37.6. The Kier molecular flexibility index (Phi) is 54.7. The van der Waals surface area contributed by atoms with Crippen LogP contribution >= 0.6 is 0 Å². The zero-order chi connectivity index (χ0) is 48.6. The average molecular weight is 944 g/mol. The fraction of sp³-hybridized carbons (Fsp3) is 0.885. The highest BCUT2D eigenvalue weighted by molar-refractivity contribution is 5.71. The molecule has 0 aliphatic heterocycles. The molecule has 0 aromatic heterocycles. The maximum Gasteiger partial charge on any atom is 0.306 e. The number of rotatable bonds is 55. The van der Waals surface area contributed by atoms with Crippen LogP contribution in [0.4, 0.5) is 0 Å². The number of ether oxygens (including phenoxy) is 3. The van der Waals surface area contributed by atoms with Crippen LogP contribution in [0.5, 0.6) is 0 Å². The Hall–Kier alpha value is -2.11. The Labute approximate surface area is 417 Å². The van der Waals surface area contributed by atoms with E-state index in [9.17, 15) is 14.4 Å². The summed E-state index contributed by atoms with van der Waals surface area (Å²) in [5, 5.41) is 0. The van der Waals surface area contributed by atoms with E-state index in [1.54, 1.807) is 0 Å². The molecule has 6 nitrogen and oxygen atoms in total. The largest absolute Gasteiger partial charge is 0.462 e. The molecule has 67 heavy (non-hydrogen) atoms. The topological polar surface area (TPSA) is 78.9 Å². The van der Waals surface area contributed by atoms with Gasteiger partial charge in [-0.15, -0.1) is 0 Å². The van der Waals surface area contributed by atoms with Gasteiger partial charge in [-0.05, 0) is 51.4 Å². The van der Waals surface area contributed by atoms with Crippen molar-refractivity contribution in [2.24, 2.45) is 0 Å². The summed E-state index contributed by atoms with van der Waals surface area (Å²) in [6, 6.07) is 0. The molecular weight excluding hydrogens is 829 g/mol. The SMILES string of the molecule is CCCCCCC/C=C\C/C=C\CCCCCCCCCCCCCCCCCCCCCCCCCC(=O)OCC(COC(=O)CCCCCCC)OC(=O)CCCCCCCCCCC. The molecule has 1 atom stereocenters. The lowest BCUT2D eigenvalue weighted by Gasteiger charge is -2.18. The first-order valence-corrected chi connectivity index (χ1v) is 29.8. The lowest BCUT2D eigenvalue weighted by molar-refractivity contribution is -0.167. The van der Waals surface area contributed by atoms with Crippen molar-refractivity contribution >= 4 is 17.9 Å². The highest BCUT2D eigenvalue weighted by atomic mass is 16.6. The predicted octanol–water partition coefficient (Wildman–Crippen LogP) is 19.9. The standard InChI is InChI=1S/C61H114O6/c1-4-7-10-13-15-17-18-19-20-21-22-23-24-25-26-27-28-29-30-31-32-33-34-35-36-37-38-39-40-41-42-44-45-48-51-54-60(63)66-57-58(56-65-59(62)53-50-47-12-9-6-3)67-61(64)55-52-49-46-43-16-14-11-8-5-2/h18-19,21-22,58H,4-17,20,23-57H2,1-3H3/b19-18-,22-21-. The number of hydrogen-bond acceptors (Lipinski definition) is 6. The van der Waals surface area contributed by atoms with Crippen molar-refractivity contribution in [1.29, 1.82) is 0 Å². The lowest BCUT2D eigenvalue weighted by atomic mass is 10.0. The van der Waals surface area contributed by atoms with Gasteiger partial charge in [0.05, 0.1) is 0 Å². The fourth-order valence-corrected chi connectivity index (χ4v) is 8.95. The van der Waals surface area contributed by atoms with Crippen molar-refractivity contribution in [2.45, 2.75) is 335 Å². The van der Waals surface area contributed by atoms with Gasteiger partial charge in [0.25, 0.3) is 0 Å². The Balaban J connectivity index is 3.75. The molecule has 1 unspecified atom stereocenters. The average Bonchev–Trinajstić information content (AvgIpc) is 3.33.